The molecule has 0 bridgehead atoms. The number of rotatable bonds is 4. The first-order valence-corrected chi connectivity index (χ1v) is 9.80. The number of aryl methyl sites for hydroxylation is 1. The summed E-state index contributed by atoms with van der Waals surface area (Å²) < 4.78 is 27.3. The van der Waals surface area contributed by atoms with Crippen LogP contribution in [0, 0.1) is 6.92 Å². The Balaban J connectivity index is 1.87. The predicted octanol–water partition coefficient (Wildman–Crippen LogP) is 1.66. The molecular weight excluding hydrogens is 348 g/mol. The molecule has 2 aromatic heterocycles. The molecule has 7 nitrogen and oxygen atoms in total. The molecule has 1 atom stereocenters. The molecule has 1 saturated heterocycles. The Kier molecular flexibility index (Phi) is 4.66. The lowest BCUT2D eigenvalue weighted by Crippen LogP contribution is -2.46. The summed E-state index contributed by atoms with van der Waals surface area (Å²) in [6.45, 7) is 2.20. The smallest absolute Gasteiger partial charge is 0.253 e. The molecule has 1 aliphatic rings. The van der Waals surface area contributed by atoms with Gasteiger partial charge in [0.25, 0.3) is 10.0 Å². The summed E-state index contributed by atoms with van der Waals surface area (Å²) in [4.78, 5) is 23.1. The molecule has 0 saturated carbocycles. The average molecular weight is 366 g/mol. The van der Waals surface area contributed by atoms with E-state index < -0.39 is 16.1 Å². The van der Waals surface area contributed by atoms with Crippen LogP contribution in [0.1, 0.15) is 17.7 Å². The molecule has 0 N–H and O–H groups in total. The predicted molar refractivity (Wildman–Crippen MR) is 91.4 cm³/mol. The first-order chi connectivity index (χ1) is 11.4. The molecule has 1 fully saturated rings. The van der Waals surface area contributed by atoms with Gasteiger partial charge in [0.05, 0.1) is 0 Å². The Bertz CT molecular complexity index is 835. The highest BCUT2D eigenvalue weighted by Gasteiger charge is 2.41. The number of likely N-dealkylation sites (N-methyl/N-ethyl adjacent to an activating group) is 1. The van der Waals surface area contributed by atoms with Crippen LogP contribution in [0.25, 0.3) is 0 Å². The first kappa shape index (κ1) is 17.0. The molecule has 3 rings (SSSR count). The summed E-state index contributed by atoms with van der Waals surface area (Å²) in [5.74, 6) is -0.0470. The zero-order valence-corrected chi connectivity index (χ0v) is 15.0. The molecular formula is C15H18N4O3S2. The van der Waals surface area contributed by atoms with Crippen LogP contribution >= 0.6 is 11.3 Å². The van der Waals surface area contributed by atoms with Gasteiger partial charge in [-0.1, -0.05) is 0 Å². The van der Waals surface area contributed by atoms with Crippen LogP contribution in [0.5, 0.6) is 0 Å². The Morgan fingerprint density at radius 2 is 2.04 bits per heavy atom. The van der Waals surface area contributed by atoms with E-state index >= 15 is 0 Å². The van der Waals surface area contributed by atoms with E-state index in [2.05, 4.69) is 9.97 Å². The highest BCUT2D eigenvalue weighted by Crippen LogP contribution is 2.31. The molecule has 1 unspecified atom stereocenters. The number of hydrogen-bond acceptors (Lipinski definition) is 6. The maximum Gasteiger partial charge on any atom is 0.253 e. The lowest BCUT2D eigenvalue weighted by Gasteiger charge is -2.26. The molecule has 0 radical (unpaired) electrons. The maximum atomic E-state index is 12.9. The number of aromatic nitrogens is 2. The van der Waals surface area contributed by atoms with E-state index in [-0.39, 0.29) is 16.1 Å². The molecule has 2 aromatic rings. The fourth-order valence-corrected chi connectivity index (χ4v) is 5.79. The molecule has 1 amide bonds. The van der Waals surface area contributed by atoms with Gasteiger partial charge in [-0.25, -0.2) is 18.4 Å². The number of carbonyl (C=O) groups is 1. The SMILES string of the molecule is Cc1ccc(S(=O)(=O)N2CCCC2C(=O)N(C)c2ncccn2)s1. The number of carbonyl (C=O) groups excluding carboxylic acids is 1. The Hall–Kier alpha value is -1.84. The first-order valence-electron chi connectivity index (χ1n) is 7.54. The average Bonchev–Trinajstić information content (AvgIpc) is 3.23. The van der Waals surface area contributed by atoms with Gasteiger partial charge in [-0.15, -0.1) is 11.3 Å². The molecule has 9 heteroatoms. The van der Waals surface area contributed by atoms with Gasteiger partial charge < -0.3 is 0 Å². The monoisotopic (exact) mass is 366 g/mol. The Labute approximate surface area is 145 Å². The van der Waals surface area contributed by atoms with Crippen molar-refractivity contribution in [2.45, 2.75) is 30.0 Å². The van der Waals surface area contributed by atoms with E-state index in [0.29, 0.717) is 19.4 Å². The number of hydrogen-bond donors (Lipinski definition) is 0. The normalized spacial score (nSPS) is 18.7. The van der Waals surface area contributed by atoms with Crippen molar-refractivity contribution in [2.24, 2.45) is 0 Å². The Morgan fingerprint density at radius 3 is 2.67 bits per heavy atom. The van der Waals surface area contributed by atoms with Crippen LogP contribution in [-0.2, 0) is 14.8 Å². The van der Waals surface area contributed by atoms with E-state index in [1.165, 1.54) is 20.5 Å². The molecule has 24 heavy (non-hydrogen) atoms. The van der Waals surface area contributed by atoms with Crippen molar-refractivity contribution >= 4 is 33.2 Å². The van der Waals surface area contributed by atoms with Crippen molar-refractivity contribution in [3.63, 3.8) is 0 Å². The topological polar surface area (TPSA) is 83.5 Å². The minimum absolute atomic E-state index is 0.263. The van der Waals surface area contributed by atoms with Gasteiger partial charge in [0.15, 0.2) is 0 Å². The zero-order valence-electron chi connectivity index (χ0n) is 13.4. The van der Waals surface area contributed by atoms with Crippen LogP contribution < -0.4 is 4.90 Å². The van der Waals surface area contributed by atoms with Crippen molar-refractivity contribution in [3.05, 3.63) is 35.5 Å². The highest BCUT2D eigenvalue weighted by atomic mass is 32.2. The van der Waals surface area contributed by atoms with Crippen molar-refractivity contribution in [2.75, 3.05) is 18.5 Å². The number of amides is 1. The van der Waals surface area contributed by atoms with Crippen LogP contribution in [0.4, 0.5) is 5.95 Å². The van der Waals surface area contributed by atoms with Crippen LogP contribution in [0.15, 0.2) is 34.8 Å². The van der Waals surface area contributed by atoms with Gasteiger partial charge in [-0.3, -0.25) is 9.69 Å². The summed E-state index contributed by atoms with van der Waals surface area (Å²) in [5, 5.41) is 0. The number of anilines is 1. The second kappa shape index (κ2) is 6.58. The number of thiophene rings is 1. The summed E-state index contributed by atoms with van der Waals surface area (Å²) in [6, 6.07) is 4.31. The van der Waals surface area contributed by atoms with E-state index in [9.17, 15) is 13.2 Å². The van der Waals surface area contributed by atoms with Crippen LogP contribution in [0.3, 0.4) is 0 Å². The zero-order chi connectivity index (χ0) is 17.3. The largest absolute Gasteiger partial charge is 0.282 e. The van der Waals surface area contributed by atoms with Gasteiger partial charge in [0, 0.05) is 30.9 Å². The highest BCUT2D eigenvalue weighted by molar-refractivity contribution is 7.91. The Morgan fingerprint density at radius 1 is 1.33 bits per heavy atom. The van der Waals surface area contributed by atoms with Gasteiger partial charge in [0.2, 0.25) is 11.9 Å². The third kappa shape index (κ3) is 3.06. The van der Waals surface area contributed by atoms with E-state index in [0.717, 1.165) is 4.88 Å². The van der Waals surface area contributed by atoms with E-state index in [1.54, 1.807) is 37.6 Å². The van der Waals surface area contributed by atoms with Crippen LogP contribution in [0.2, 0.25) is 0 Å². The second-order valence-corrected chi connectivity index (χ2v) is 8.99. The third-order valence-corrected chi connectivity index (χ3v) is 7.33. The molecule has 1 aliphatic heterocycles. The van der Waals surface area contributed by atoms with Gasteiger partial charge in [-0.2, -0.15) is 4.31 Å². The fourth-order valence-electron chi connectivity index (χ4n) is 2.73. The lowest BCUT2D eigenvalue weighted by atomic mass is 10.2. The van der Waals surface area contributed by atoms with E-state index in [1.807, 2.05) is 6.92 Å². The third-order valence-electron chi connectivity index (χ3n) is 3.95. The standard InChI is InChI=1S/C15H18N4O3S2/c1-11-6-7-13(23-11)24(21,22)19-10-3-5-12(19)14(20)18(2)15-16-8-4-9-17-15/h4,6-9,12H,3,5,10H2,1-2H3. The van der Waals surface area contributed by atoms with Gasteiger partial charge in [0.1, 0.15) is 10.3 Å². The fraction of sp³-hybridized carbons (Fsp3) is 0.400. The van der Waals surface area contributed by atoms with Crippen molar-refractivity contribution in [1.29, 1.82) is 0 Å². The minimum atomic E-state index is -3.66. The van der Waals surface area contributed by atoms with Gasteiger partial charge >= 0.3 is 0 Å². The second-order valence-electron chi connectivity index (χ2n) is 5.58. The molecule has 3 heterocycles. The summed E-state index contributed by atoms with van der Waals surface area (Å²) in [6.07, 6.45) is 4.25. The van der Waals surface area contributed by atoms with Gasteiger partial charge in [-0.05, 0) is 38.0 Å². The van der Waals surface area contributed by atoms with Crippen molar-refractivity contribution < 1.29 is 13.2 Å². The van der Waals surface area contributed by atoms with Crippen molar-refractivity contribution in [1.82, 2.24) is 14.3 Å². The molecule has 0 spiro atoms. The summed E-state index contributed by atoms with van der Waals surface area (Å²) in [5.41, 5.74) is 0. The maximum absolute atomic E-state index is 12.9. The lowest BCUT2D eigenvalue weighted by molar-refractivity contribution is -0.121. The van der Waals surface area contributed by atoms with E-state index in [4.69, 9.17) is 0 Å². The quantitative estimate of drug-likeness (QED) is 0.822. The summed E-state index contributed by atoms with van der Waals surface area (Å²) in [7, 11) is -2.10. The molecule has 0 aliphatic carbocycles. The molecule has 0 aromatic carbocycles. The van der Waals surface area contributed by atoms with Crippen molar-refractivity contribution in [3.8, 4) is 0 Å². The van der Waals surface area contributed by atoms with Crippen LogP contribution in [-0.4, -0.2) is 48.2 Å². The number of sulfonamides is 1. The summed E-state index contributed by atoms with van der Waals surface area (Å²) >= 11 is 1.22. The molecule has 128 valence electrons. The number of nitrogens with zero attached hydrogens (tertiary/aromatic N) is 4. The minimum Gasteiger partial charge on any atom is -0.282 e.